The van der Waals surface area contributed by atoms with Crippen LogP contribution < -0.4 is 14.8 Å². The maximum atomic E-state index is 5.96. The van der Waals surface area contributed by atoms with Crippen molar-refractivity contribution < 1.29 is 9.47 Å². The Balaban J connectivity index is 1.47. The van der Waals surface area contributed by atoms with Crippen molar-refractivity contribution in [3.8, 4) is 11.5 Å². The van der Waals surface area contributed by atoms with Gasteiger partial charge >= 0.3 is 0 Å². The van der Waals surface area contributed by atoms with E-state index in [1.165, 1.54) is 11.1 Å². The van der Waals surface area contributed by atoms with Gasteiger partial charge in [0.15, 0.2) is 0 Å². The third-order valence-corrected chi connectivity index (χ3v) is 5.25. The van der Waals surface area contributed by atoms with Crippen LogP contribution in [0.1, 0.15) is 22.9 Å². The fraction of sp³-hybridized carbons (Fsp3) is 0.292. The van der Waals surface area contributed by atoms with Crippen LogP contribution in [0.2, 0.25) is 0 Å². The molecule has 1 atom stereocenters. The lowest BCUT2D eigenvalue weighted by Crippen LogP contribution is -2.45. The first-order valence-corrected chi connectivity index (χ1v) is 10.0. The quantitative estimate of drug-likeness (QED) is 0.666. The highest BCUT2D eigenvalue weighted by Crippen LogP contribution is 2.31. The second kappa shape index (κ2) is 9.54. The van der Waals surface area contributed by atoms with Crippen molar-refractivity contribution in [1.29, 1.82) is 0 Å². The Morgan fingerprint density at radius 2 is 1.97 bits per heavy atom. The molecule has 2 aromatic carbocycles. The molecule has 1 fully saturated rings. The molecule has 0 bridgehead atoms. The standard InChI is InChI=1S/C24H27N3O2/c1-28-24-11-3-2-10-22(24)23-16-25-13-14-27(23)17-19-7-6-9-21(15-19)29-18-20-8-4-5-12-26-20/h2-12,15,23,25H,13-14,16-18H2,1H3. The SMILES string of the molecule is COc1ccccc1C1CNCCN1Cc1cccc(OCc2ccccn2)c1. The number of hydrogen-bond donors (Lipinski definition) is 1. The second-order valence-electron chi connectivity index (χ2n) is 7.19. The van der Waals surface area contributed by atoms with Gasteiger partial charge in [0.1, 0.15) is 18.1 Å². The monoisotopic (exact) mass is 389 g/mol. The lowest BCUT2D eigenvalue weighted by Gasteiger charge is -2.37. The molecule has 29 heavy (non-hydrogen) atoms. The van der Waals surface area contributed by atoms with Crippen LogP contribution in [-0.2, 0) is 13.2 Å². The molecule has 0 aliphatic carbocycles. The zero-order valence-electron chi connectivity index (χ0n) is 16.8. The Labute approximate surface area is 172 Å². The summed E-state index contributed by atoms with van der Waals surface area (Å²) in [7, 11) is 1.74. The summed E-state index contributed by atoms with van der Waals surface area (Å²) < 4.78 is 11.6. The average Bonchev–Trinajstić information content (AvgIpc) is 2.79. The number of nitrogens with zero attached hydrogens (tertiary/aromatic N) is 2. The number of rotatable bonds is 7. The van der Waals surface area contributed by atoms with Crippen LogP contribution in [0.3, 0.4) is 0 Å². The summed E-state index contributed by atoms with van der Waals surface area (Å²) in [4.78, 5) is 6.82. The van der Waals surface area contributed by atoms with Crippen molar-refractivity contribution in [3.05, 3.63) is 89.7 Å². The van der Waals surface area contributed by atoms with Gasteiger partial charge in [0, 0.05) is 37.9 Å². The summed E-state index contributed by atoms with van der Waals surface area (Å²) >= 11 is 0. The number of benzene rings is 2. The van der Waals surface area contributed by atoms with E-state index >= 15 is 0 Å². The van der Waals surface area contributed by atoms with Crippen LogP contribution in [0, 0.1) is 0 Å². The number of nitrogens with one attached hydrogen (secondary N) is 1. The second-order valence-corrected chi connectivity index (χ2v) is 7.19. The van der Waals surface area contributed by atoms with Gasteiger partial charge in [-0.25, -0.2) is 0 Å². The van der Waals surface area contributed by atoms with Crippen molar-refractivity contribution >= 4 is 0 Å². The highest BCUT2D eigenvalue weighted by molar-refractivity contribution is 5.37. The molecule has 4 rings (SSSR count). The van der Waals surface area contributed by atoms with E-state index in [9.17, 15) is 0 Å². The van der Waals surface area contributed by atoms with E-state index in [2.05, 4.69) is 45.5 Å². The van der Waals surface area contributed by atoms with Crippen LogP contribution in [0.4, 0.5) is 0 Å². The molecule has 5 nitrogen and oxygen atoms in total. The lowest BCUT2D eigenvalue weighted by molar-refractivity contribution is 0.151. The first-order chi connectivity index (χ1) is 14.3. The van der Waals surface area contributed by atoms with E-state index in [0.717, 1.165) is 43.4 Å². The molecule has 1 N–H and O–H groups in total. The van der Waals surface area contributed by atoms with Gasteiger partial charge in [-0.3, -0.25) is 9.88 Å². The Morgan fingerprint density at radius 3 is 2.83 bits per heavy atom. The van der Waals surface area contributed by atoms with E-state index < -0.39 is 0 Å². The number of pyridine rings is 1. The molecule has 5 heteroatoms. The third kappa shape index (κ3) is 4.94. The van der Waals surface area contributed by atoms with Crippen LogP contribution in [0.5, 0.6) is 11.5 Å². The molecule has 0 radical (unpaired) electrons. The summed E-state index contributed by atoms with van der Waals surface area (Å²) in [6.45, 7) is 4.23. The first kappa shape index (κ1) is 19.4. The highest BCUT2D eigenvalue weighted by atomic mass is 16.5. The number of methoxy groups -OCH3 is 1. The molecular formula is C24H27N3O2. The third-order valence-electron chi connectivity index (χ3n) is 5.25. The largest absolute Gasteiger partial charge is 0.496 e. The molecule has 1 aromatic heterocycles. The Hall–Kier alpha value is -2.89. The molecule has 0 amide bonds. The maximum absolute atomic E-state index is 5.96. The number of para-hydroxylation sites is 1. The lowest BCUT2D eigenvalue weighted by atomic mass is 10.0. The van der Waals surface area contributed by atoms with Crippen LogP contribution >= 0.6 is 0 Å². The van der Waals surface area contributed by atoms with Gasteiger partial charge in [-0.2, -0.15) is 0 Å². The van der Waals surface area contributed by atoms with Gasteiger partial charge < -0.3 is 14.8 Å². The summed E-state index contributed by atoms with van der Waals surface area (Å²) in [5.41, 5.74) is 3.39. The van der Waals surface area contributed by atoms with Gasteiger partial charge in [-0.15, -0.1) is 0 Å². The van der Waals surface area contributed by atoms with Crippen molar-refractivity contribution in [3.63, 3.8) is 0 Å². The number of ether oxygens (including phenoxy) is 2. The molecule has 150 valence electrons. The predicted octanol–water partition coefficient (Wildman–Crippen LogP) is 3.82. The maximum Gasteiger partial charge on any atom is 0.130 e. The minimum absolute atomic E-state index is 0.276. The molecule has 1 aliphatic heterocycles. The molecule has 3 aromatic rings. The predicted molar refractivity (Wildman–Crippen MR) is 114 cm³/mol. The summed E-state index contributed by atoms with van der Waals surface area (Å²) in [6, 6.07) is 22.8. The van der Waals surface area contributed by atoms with E-state index in [4.69, 9.17) is 9.47 Å². The smallest absolute Gasteiger partial charge is 0.130 e. The van der Waals surface area contributed by atoms with E-state index in [0.29, 0.717) is 6.61 Å². The Morgan fingerprint density at radius 1 is 1.07 bits per heavy atom. The van der Waals surface area contributed by atoms with Crippen molar-refractivity contribution in [2.75, 3.05) is 26.7 Å². The topological polar surface area (TPSA) is 46.6 Å². The van der Waals surface area contributed by atoms with Gasteiger partial charge in [0.25, 0.3) is 0 Å². The number of hydrogen-bond acceptors (Lipinski definition) is 5. The van der Waals surface area contributed by atoms with Crippen LogP contribution in [0.25, 0.3) is 0 Å². The molecular weight excluding hydrogens is 362 g/mol. The molecule has 0 saturated carbocycles. The Kier molecular flexibility index (Phi) is 6.39. The van der Waals surface area contributed by atoms with Crippen molar-refractivity contribution in [1.82, 2.24) is 15.2 Å². The molecule has 1 saturated heterocycles. The van der Waals surface area contributed by atoms with E-state index in [-0.39, 0.29) is 6.04 Å². The molecule has 0 spiro atoms. The zero-order valence-corrected chi connectivity index (χ0v) is 16.8. The van der Waals surface area contributed by atoms with Gasteiger partial charge in [-0.05, 0) is 35.9 Å². The van der Waals surface area contributed by atoms with Gasteiger partial charge in [-0.1, -0.05) is 36.4 Å². The fourth-order valence-corrected chi connectivity index (χ4v) is 3.79. The van der Waals surface area contributed by atoms with E-state index in [1.54, 1.807) is 13.3 Å². The highest BCUT2D eigenvalue weighted by Gasteiger charge is 2.26. The molecule has 1 unspecified atom stereocenters. The summed E-state index contributed by atoms with van der Waals surface area (Å²) in [6.07, 6.45) is 1.79. The zero-order chi connectivity index (χ0) is 19.9. The number of piperazine rings is 1. The Bertz CT molecular complexity index is 917. The van der Waals surface area contributed by atoms with Gasteiger partial charge in [0.2, 0.25) is 0 Å². The number of aromatic nitrogens is 1. The normalized spacial score (nSPS) is 17.1. The average molecular weight is 389 g/mol. The molecule has 2 heterocycles. The fourth-order valence-electron chi connectivity index (χ4n) is 3.79. The minimum Gasteiger partial charge on any atom is -0.496 e. The van der Waals surface area contributed by atoms with Gasteiger partial charge in [0.05, 0.1) is 18.8 Å². The van der Waals surface area contributed by atoms with E-state index in [1.807, 2.05) is 36.4 Å². The summed E-state index contributed by atoms with van der Waals surface area (Å²) in [5.74, 6) is 1.82. The van der Waals surface area contributed by atoms with Crippen molar-refractivity contribution in [2.45, 2.75) is 19.2 Å². The first-order valence-electron chi connectivity index (χ1n) is 10.0. The minimum atomic E-state index is 0.276. The molecule has 1 aliphatic rings. The van der Waals surface area contributed by atoms with Crippen molar-refractivity contribution in [2.24, 2.45) is 0 Å². The van der Waals surface area contributed by atoms with Crippen LogP contribution in [-0.4, -0.2) is 36.6 Å². The van der Waals surface area contributed by atoms with Crippen LogP contribution in [0.15, 0.2) is 72.9 Å². The summed E-state index contributed by atoms with van der Waals surface area (Å²) in [5, 5.41) is 3.52.